The molecule has 0 saturated carbocycles. The second-order valence-electron chi connectivity index (χ2n) is 6.47. The quantitative estimate of drug-likeness (QED) is 0.869. The Balaban J connectivity index is 1.52. The number of methoxy groups -OCH3 is 1. The number of aliphatic hydroxyl groups excluding tert-OH is 1. The van der Waals surface area contributed by atoms with Gasteiger partial charge in [-0.3, -0.25) is 4.90 Å². The average Bonchev–Trinajstić information content (AvgIpc) is 2.78. The number of ether oxygens (including phenoxy) is 2. The average molecular weight is 320 g/mol. The van der Waals surface area contributed by atoms with Crippen LogP contribution in [0.1, 0.15) is 11.1 Å². The van der Waals surface area contributed by atoms with Crippen molar-refractivity contribution in [2.75, 3.05) is 59.6 Å². The van der Waals surface area contributed by atoms with Crippen LogP contribution in [0.15, 0.2) is 18.2 Å². The van der Waals surface area contributed by atoms with Gasteiger partial charge in [-0.05, 0) is 30.0 Å². The summed E-state index contributed by atoms with van der Waals surface area (Å²) in [7, 11) is 1.74. The molecule has 2 heterocycles. The predicted molar refractivity (Wildman–Crippen MR) is 90.1 cm³/mol. The van der Waals surface area contributed by atoms with E-state index in [4.69, 9.17) is 9.47 Å². The topological polar surface area (TPSA) is 45.2 Å². The first-order chi connectivity index (χ1) is 11.3. The van der Waals surface area contributed by atoms with E-state index in [-0.39, 0.29) is 6.10 Å². The van der Waals surface area contributed by atoms with Gasteiger partial charge in [0.1, 0.15) is 5.75 Å². The van der Waals surface area contributed by atoms with Crippen LogP contribution in [0, 0.1) is 0 Å². The summed E-state index contributed by atoms with van der Waals surface area (Å²) < 4.78 is 10.9. The molecule has 1 fully saturated rings. The molecule has 5 heteroatoms. The zero-order valence-corrected chi connectivity index (χ0v) is 14.0. The van der Waals surface area contributed by atoms with E-state index in [9.17, 15) is 5.11 Å². The second-order valence-corrected chi connectivity index (χ2v) is 6.47. The third-order valence-corrected chi connectivity index (χ3v) is 4.87. The van der Waals surface area contributed by atoms with Gasteiger partial charge in [0.15, 0.2) is 0 Å². The van der Waals surface area contributed by atoms with Gasteiger partial charge in [-0.2, -0.15) is 0 Å². The zero-order valence-electron chi connectivity index (χ0n) is 14.0. The van der Waals surface area contributed by atoms with Crippen LogP contribution in [0.2, 0.25) is 0 Å². The highest BCUT2D eigenvalue weighted by molar-refractivity contribution is 5.41. The number of morpholine rings is 1. The highest BCUT2D eigenvalue weighted by atomic mass is 16.5. The van der Waals surface area contributed by atoms with Crippen LogP contribution < -0.4 is 4.74 Å². The van der Waals surface area contributed by atoms with Crippen LogP contribution in [-0.2, 0) is 17.6 Å². The molecule has 1 aromatic carbocycles. The minimum Gasteiger partial charge on any atom is -0.496 e. The van der Waals surface area contributed by atoms with E-state index in [1.807, 2.05) is 6.07 Å². The molecule has 128 valence electrons. The summed E-state index contributed by atoms with van der Waals surface area (Å²) in [5, 5.41) is 10.4. The van der Waals surface area contributed by atoms with Crippen molar-refractivity contribution in [2.24, 2.45) is 0 Å². The molecule has 5 nitrogen and oxygen atoms in total. The molecule has 3 rings (SSSR count). The molecule has 1 atom stereocenters. The fourth-order valence-electron chi connectivity index (χ4n) is 3.60. The number of benzene rings is 1. The number of rotatable bonds is 5. The number of aliphatic hydroxyl groups is 1. The van der Waals surface area contributed by atoms with Crippen molar-refractivity contribution in [3.8, 4) is 5.75 Å². The lowest BCUT2D eigenvalue weighted by atomic mass is 10.0. The SMILES string of the molecule is COc1cccc2c1CCN(CC(O)CN1CCOCC1)CC2. The Morgan fingerprint density at radius 1 is 1.09 bits per heavy atom. The van der Waals surface area contributed by atoms with E-state index in [0.29, 0.717) is 0 Å². The van der Waals surface area contributed by atoms with Gasteiger partial charge >= 0.3 is 0 Å². The predicted octanol–water partition coefficient (Wildman–Crippen LogP) is 0.789. The smallest absolute Gasteiger partial charge is 0.122 e. The van der Waals surface area contributed by atoms with Crippen molar-refractivity contribution < 1.29 is 14.6 Å². The van der Waals surface area contributed by atoms with E-state index in [1.165, 1.54) is 11.1 Å². The highest BCUT2D eigenvalue weighted by Crippen LogP contribution is 2.25. The van der Waals surface area contributed by atoms with Crippen molar-refractivity contribution in [1.82, 2.24) is 9.80 Å². The number of fused-ring (bicyclic) bond motifs is 1. The van der Waals surface area contributed by atoms with Crippen molar-refractivity contribution in [3.05, 3.63) is 29.3 Å². The summed E-state index contributed by atoms with van der Waals surface area (Å²) in [4.78, 5) is 4.67. The molecule has 23 heavy (non-hydrogen) atoms. The first kappa shape index (κ1) is 16.7. The van der Waals surface area contributed by atoms with Gasteiger partial charge in [-0.15, -0.1) is 0 Å². The van der Waals surface area contributed by atoms with Crippen molar-refractivity contribution in [1.29, 1.82) is 0 Å². The number of nitrogens with zero attached hydrogens (tertiary/aromatic N) is 2. The fraction of sp³-hybridized carbons (Fsp3) is 0.667. The minimum atomic E-state index is -0.295. The molecule has 2 aliphatic rings. The lowest BCUT2D eigenvalue weighted by Gasteiger charge is -2.30. The molecule has 2 aliphatic heterocycles. The van der Waals surface area contributed by atoms with E-state index < -0.39 is 0 Å². The van der Waals surface area contributed by atoms with Gasteiger partial charge < -0.3 is 19.5 Å². The van der Waals surface area contributed by atoms with Crippen LogP contribution in [0.25, 0.3) is 0 Å². The lowest BCUT2D eigenvalue weighted by molar-refractivity contribution is 0.00722. The Hall–Kier alpha value is -1.14. The monoisotopic (exact) mass is 320 g/mol. The summed E-state index contributed by atoms with van der Waals surface area (Å²) >= 11 is 0. The molecule has 1 N–H and O–H groups in total. The summed E-state index contributed by atoms with van der Waals surface area (Å²) in [5.74, 6) is 0.998. The fourth-order valence-corrected chi connectivity index (χ4v) is 3.60. The van der Waals surface area contributed by atoms with Crippen LogP contribution in [0.4, 0.5) is 0 Å². The molecule has 0 radical (unpaired) electrons. The van der Waals surface area contributed by atoms with E-state index >= 15 is 0 Å². The Kier molecular flexibility index (Phi) is 5.89. The third-order valence-electron chi connectivity index (χ3n) is 4.87. The van der Waals surface area contributed by atoms with Crippen LogP contribution in [0.5, 0.6) is 5.75 Å². The maximum absolute atomic E-state index is 10.4. The van der Waals surface area contributed by atoms with E-state index in [2.05, 4.69) is 21.9 Å². The Morgan fingerprint density at radius 3 is 2.52 bits per heavy atom. The highest BCUT2D eigenvalue weighted by Gasteiger charge is 2.21. The Bertz CT molecular complexity index is 503. The van der Waals surface area contributed by atoms with Gasteiger partial charge in [-0.25, -0.2) is 0 Å². The standard InChI is InChI=1S/C18H28N2O3/c1-22-18-4-2-3-15-5-7-19(8-6-17(15)18)13-16(21)14-20-9-11-23-12-10-20/h2-4,16,21H,5-14H2,1H3. The summed E-state index contributed by atoms with van der Waals surface area (Å²) in [6, 6.07) is 6.31. The maximum atomic E-state index is 10.4. The molecule has 0 aromatic heterocycles. The third kappa shape index (κ3) is 4.44. The van der Waals surface area contributed by atoms with Crippen molar-refractivity contribution in [3.63, 3.8) is 0 Å². The van der Waals surface area contributed by atoms with Crippen molar-refractivity contribution >= 4 is 0 Å². The van der Waals surface area contributed by atoms with Gasteiger partial charge in [0.2, 0.25) is 0 Å². The molecule has 0 spiro atoms. The first-order valence-electron chi connectivity index (χ1n) is 8.61. The molecular weight excluding hydrogens is 292 g/mol. The van der Waals surface area contributed by atoms with Gasteiger partial charge in [0, 0.05) is 39.3 Å². The number of hydrogen-bond donors (Lipinski definition) is 1. The summed E-state index contributed by atoms with van der Waals surface area (Å²) in [6.07, 6.45) is 1.72. The van der Waals surface area contributed by atoms with Crippen LogP contribution in [0.3, 0.4) is 0 Å². The zero-order chi connectivity index (χ0) is 16.1. The first-order valence-corrected chi connectivity index (χ1v) is 8.61. The maximum Gasteiger partial charge on any atom is 0.122 e. The summed E-state index contributed by atoms with van der Waals surface area (Å²) in [6.45, 7) is 6.90. The molecule has 0 aliphatic carbocycles. The lowest BCUT2D eigenvalue weighted by Crippen LogP contribution is -2.45. The molecule has 1 aromatic rings. The van der Waals surface area contributed by atoms with Gasteiger partial charge in [0.25, 0.3) is 0 Å². The molecule has 1 unspecified atom stereocenters. The molecule has 0 bridgehead atoms. The molecule has 0 amide bonds. The Morgan fingerprint density at radius 2 is 1.78 bits per heavy atom. The number of β-amino-alcohol motifs (C(OH)–C–C–N with tert-alkyl or cyclic N) is 1. The van der Waals surface area contributed by atoms with E-state index in [1.54, 1.807) is 7.11 Å². The van der Waals surface area contributed by atoms with Crippen LogP contribution in [-0.4, -0.2) is 80.6 Å². The summed E-state index contributed by atoms with van der Waals surface area (Å²) in [5.41, 5.74) is 2.72. The normalized spacial score (nSPS) is 21.5. The molecular formula is C18H28N2O3. The van der Waals surface area contributed by atoms with E-state index in [0.717, 1.165) is 71.1 Å². The second kappa shape index (κ2) is 8.11. The largest absolute Gasteiger partial charge is 0.496 e. The van der Waals surface area contributed by atoms with Gasteiger partial charge in [0.05, 0.1) is 26.4 Å². The molecule has 1 saturated heterocycles. The minimum absolute atomic E-state index is 0.295. The number of hydrogen-bond acceptors (Lipinski definition) is 5. The van der Waals surface area contributed by atoms with Gasteiger partial charge in [-0.1, -0.05) is 12.1 Å². The van der Waals surface area contributed by atoms with Crippen LogP contribution >= 0.6 is 0 Å². The van der Waals surface area contributed by atoms with Crippen molar-refractivity contribution in [2.45, 2.75) is 18.9 Å². The Labute approximate surface area is 138 Å².